The lowest BCUT2D eigenvalue weighted by molar-refractivity contribution is -0.161. The highest BCUT2D eigenvalue weighted by atomic mass is 16.6. The van der Waals surface area contributed by atoms with Crippen molar-refractivity contribution in [2.45, 2.75) is 37.9 Å². The van der Waals surface area contributed by atoms with Gasteiger partial charge >= 0.3 is 5.97 Å². The van der Waals surface area contributed by atoms with Gasteiger partial charge in [-0.05, 0) is 19.3 Å². The van der Waals surface area contributed by atoms with Gasteiger partial charge in [0.2, 0.25) is 0 Å². The highest BCUT2D eigenvalue weighted by Gasteiger charge is 2.28. The molecule has 1 saturated carbocycles. The van der Waals surface area contributed by atoms with Crippen LogP contribution in [-0.2, 0) is 19.0 Å². The predicted molar refractivity (Wildman–Crippen MR) is 66.4 cm³/mol. The summed E-state index contributed by atoms with van der Waals surface area (Å²) in [7, 11) is 1.69. The van der Waals surface area contributed by atoms with Gasteiger partial charge in [-0.25, -0.2) is 0 Å². The second kappa shape index (κ2) is 7.07. The second-order valence-corrected chi connectivity index (χ2v) is 4.98. The minimum atomic E-state index is -0.133. The monoisotopic (exact) mass is 257 g/mol. The number of carbonyl (C=O) groups is 1. The molecule has 1 saturated heterocycles. The van der Waals surface area contributed by atoms with Crippen LogP contribution in [0.3, 0.4) is 0 Å². The summed E-state index contributed by atoms with van der Waals surface area (Å²) in [5.41, 5.74) is 0. The van der Waals surface area contributed by atoms with Gasteiger partial charge < -0.3 is 14.2 Å². The first-order chi connectivity index (χ1) is 8.79. The first-order valence-corrected chi connectivity index (χ1v) is 6.82. The SMILES string of the molecule is CO[C@@H]1CCCC[C@H]1OC(=O)CN1CCOCC1. The molecule has 18 heavy (non-hydrogen) atoms. The summed E-state index contributed by atoms with van der Waals surface area (Å²) < 4.78 is 16.2. The third kappa shape index (κ3) is 3.93. The van der Waals surface area contributed by atoms with Crippen molar-refractivity contribution in [3.05, 3.63) is 0 Å². The number of rotatable bonds is 4. The van der Waals surface area contributed by atoms with Crippen molar-refractivity contribution in [3.8, 4) is 0 Å². The van der Waals surface area contributed by atoms with Crippen molar-refractivity contribution in [3.63, 3.8) is 0 Å². The molecule has 104 valence electrons. The largest absolute Gasteiger partial charge is 0.459 e. The molecule has 2 aliphatic rings. The molecule has 0 spiro atoms. The standard InChI is InChI=1S/C13H23NO4/c1-16-11-4-2-3-5-12(11)18-13(15)10-14-6-8-17-9-7-14/h11-12H,2-10H2,1H3/t11-,12-/m1/s1. The number of carbonyl (C=O) groups excluding carboxylic acids is 1. The molecule has 0 bridgehead atoms. The summed E-state index contributed by atoms with van der Waals surface area (Å²) >= 11 is 0. The van der Waals surface area contributed by atoms with E-state index in [0.717, 1.165) is 38.8 Å². The topological polar surface area (TPSA) is 48.0 Å². The lowest BCUT2D eigenvalue weighted by atomic mass is 9.94. The Balaban J connectivity index is 1.75. The van der Waals surface area contributed by atoms with Gasteiger partial charge in [0.25, 0.3) is 0 Å². The van der Waals surface area contributed by atoms with Crippen LogP contribution >= 0.6 is 0 Å². The molecule has 2 fully saturated rings. The van der Waals surface area contributed by atoms with Crippen LogP contribution < -0.4 is 0 Å². The zero-order valence-electron chi connectivity index (χ0n) is 11.1. The summed E-state index contributed by atoms with van der Waals surface area (Å²) in [5, 5.41) is 0. The van der Waals surface area contributed by atoms with Crippen LogP contribution in [0.15, 0.2) is 0 Å². The highest BCUT2D eigenvalue weighted by Crippen LogP contribution is 2.23. The van der Waals surface area contributed by atoms with Gasteiger partial charge in [0, 0.05) is 20.2 Å². The quantitative estimate of drug-likeness (QED) is 0.698. The van der Waals surface area contributed by atoms with Crippen molar-refractivity contribution in [2.75, 3.05) is 40.0 Å². The summed E-state index contributed by atoms with van der Waals surface area (Å²) in [5.74, 6) is -0.133. The molecule has 2 rings (SSSR count). The molecular weight excluding hydrogens is 234 g/mol. The Morgan fingerprint density at radius 3 is 2.56 bits per heavy atom. The maximum Gasteiger partial charge on any atom is 0.320 e. The molecule has 5 nitrogen and oxygen atoms in total. The van der Waals surface area contributed by atoms with E-state index in [1.807, 2.05) is 0 Å². The van der Waals surface area contributed by atoms with Crippen LogP contribution in [0.4, 0.5) is 0 Å². The smallest absolute Gasteiger partial charge is 0.320 e. The molecule has 0 aromatic carbocycles. The van der Waals surface area contributed by atoms with Gasteiger partial charge in [0.05, 0.1) is 25.9 Å². The molecule has 5 heteroatoms. The Morgan fingerprint density at radius 1 is 1.22 bits per heavy atom. The maximum absolute atomic E-state index is 11.9. The molecule has 0 aromatic heterocycles. The molecule has 1 aliphatic heterocycles. The number of methoxy groups -OCH3 is 1. The third-order valence-corrected chi connectivity index (χ3v) is 3.68. The molecule has 0 amide bonds. The van der Waals surface area contributed by atoms with Crippen LogP contribution in [0, 0.1) is 0 Å². The number of ether oxygens (including phenoxy) is 3. The predicted octanol–water partition coefficient (Wildman–Crippen LogP) is 0.819. The van der Waals surface area contributed by atoms with Crippen molar-refractivity contribution in [1.29, 1.82) is 0 Å². The van der Waals surface area contributed by atoms with Gasteiger partial charge in [0.1, 0.15) is 6.10 Å². The highest BCUT2D eigenvalue weighted by molar-refractivity contribution is 5.72. The van der Waals surface area contributed by atoms with Crippen LogP contribution in [0.5, 0.6) is 0 Å². The van der Waals surface area contributed by atoms with Crippen molar-refractivity contribution in [1.82, 2.24) is 4.90 Å². The van der Waals surface area contributed by atoms with E-state index in [2.05, 4.69) is 4.90 Å². The minimum absolute atomic E-state index is 0.0581. The van der Waals surface area contributed by atoms with Gasteiger partial charge in [-0.2, -0.15) is 0 Å². The molecule has 1 aliphatic carbocycles. The zero-order valence-corrected chi connectivity index (χ0v) is 11.1. The Hall–Kier alpha value is -0.650. The van der Waals surface area contributed by atoms with E-state index < -0.39 is 0 Å². The summed E-state index contributed by atoms with van der Waals surface area (Å²) in [6.07, 6.45) is 4.22. The number of nitrogens with zero attached hydrogens (tertiary/aromatic N) is 1. The molecule has 2 atom stereocenters. The fraction of sp³-hybridized carbons (Fsp3) is 0.923. The Kier molecular flexibility index (Phi) is 5.41. The molecule has 0 N–H and O–H groups in total. The van der Waals surface area contributed by atoms with Crippen LogP contribution in [0.25, 0.3) is 0 Å². The van der Waals surface area contributed by atoms with Crippen molar-refractivity contribution >= 4 is 5.97 Å². The first kappa shape index (κ1) is 13.8. The summed E-state index contributed by atoms with van der Waals surface area (Å²) in [6, 6.07) is 0. The van der Waals surface area contributed by atoms with Gasteiger partial charge in [-0.1, -0.05) is 6.42 Å². The lowest BCUT2D eigenvalue weighted by Gasteiger charge is -2.31. The van der Waals surface area contributed by atoms with Crippen molar-refractivity contribution in [2.24, 2.45) is 0 Å². The average Bonchev–Trinajstić information content (AvgIpc) is 2.40. The van der Waals surface area contributed by atoms with E-state index in [9.17, 15) is 4.79 Å². The Bertz CT molecular complexity index is 266. The number of hydrogen-bond acceptors (Lipinski definition) is 5. The molecule has 0 aromatic rings. The van der Waals surface area contributed by atoms with E-state index in [0.29, 0.717) is 19.8 Å². The van der Waals surface area contributed by atoms with Crippen LogP contribution in [-0.4, -0.2) is 63.0 Å². The summed E-state index contributed by atoms with van der Waals surface area (Å²) in [4.78, 5) is 14.0. The Labute approximate surface area is 108 Å². The Morgan fingerprint density at radius 2 is 1.89 bits per heavy atom. The third-order valence-electron chi connectivity index (χ3n) is 3.68. The number of esters is 1. The van der Waals surface area contributed by atoms with Crippen molar-refractivity contribution < 1.29 is 19.0 Å². The van der Waals surface area contributed by atoms with E-state index in [1.54, 1.807) is 7.11 Å². The summed E-state index contributed by atoms with van der Waals surface area (Å²) in [6.45, 7) is 3.41. The second-order valence-electron chi connectivity index (χ2n) is 4.98. The fourth-order valence-corrected chi connectivity index (χ4v) is 2.62. The van der Waals surface area contributed by atoms with E-state index in [4.69, 9.17) is 14.2 Å². The van der Waals surface area contributed by atoms with Crippen LogP contribution in [0.1, 0.15) is 25.7 Å². The normalized spacial score (nSPS) is 30.1. The van der Waals surface area contributed by atoms with Crippen LogP contribution in [0.2, 0.25) is 0 Å². The fourth-order valence-electron chi connectivity index (χ4n) is 2.62. The average molecular weight is 257 g/mol. The molecule has 0 unspecified atom stereocenters. The number of morpholine rings is 1. The molecule has 1 heterocycles. The molecular formula is C13H23NO4. The first-order valence-electron chi connectivity index (χ1n) is 6.82. The van der Waals surface area contributed by atoms with E-state index in [-0.39, 0.29) is 18.2 Å². The minimum Gasteiger partial charge on any atom is -0.459 e. The zero-order chi connectivity index (χ0) is 12.8. The van der Waals surface area contributed by atoms with Gasteiger partial charge in [-0.15, -0.1) is 0 Å². The number of hydrogen-bond donors (Lipinski definition) is 0. The maximum atomic E-state index is 11.9. The lowest BCUT2D eigenvalue weighted by Crippen LogP contribution is -2.42. The van der Waals surface area contributed by atoms with E-state index >= 15 is 0 Å². The van der Waals surface area contributed by atoms with E-state index in [1.165, 1.54) is 0 Å². The van der Waals surface area contributed by atoms with Gasteiger partial charge in [0.15, 0.2) is 0 Å². The van der Waals surface area contributed by atoms with Gasteiger partial charge in [-0.3, -0.25) is 9.69 Å². The molecule has 0 radical (unpaired) electrons.